The number of nitrogens with zero attached hydrogens (tertiary/aromatic N) is 2. The van der Waals surface area contributed by atoms with E-state index in [-0.39, 0.29) is 21.3 Å². The third-order valence-electron chi connectivity index (χ3n) is 5.03. The predicted octanol–water partition coefficient (Wildman–Crippen LogP) is 4.79. The van der Waals surface area contributed by atoms with Gasteiger partial charge in [-0.1, -0.05) is 72.5 Å². The van der Waals surface area contributed by atoms with Crippen molar-refractivity contribution in [3.63, 3.8) is 0 Å². The number of alkyl halides is 3. The van der Waals surface area contributed by atoms with Crippen LogP contribution < -0.4 is 4.90 Å². The first-order valence-corrected chi connectivity index (χ1v) is 10.9. The molecule has 2 aromatic rings. The lowest BCUT2D eigenvalue weighted by Gasteiger charge is -2.21. The minimum Gasteiger partial charge on any atom is -0.280 e. The Balaban J connectivity index is 1.55. The van der Waals surface area contributed by atoms with Gasteiger partial charge in [0.2, 0.25) is 5.91 Å². The van der Waals surface area contributed by atoms with E-state index >= 15 is 0 Å². The number of hydrogen-bond donors (Lipinski definition) is 0. The van der Waals surface area contributed by atoms with Crippen molar-refractivity contribution < 1.29 is 27.6 Å². The van der Waals surface area contributed by atoms with Gasteiger partial charge >= 0.3 is 6.18 Å². The van der Waals surface area contributed by atoms with Gasteiger partial charge in [0.25, 0.3) is 11.8 Å². The Morgan fingerprint density at radius 1 is 1.03 bits per heavy atom. The molecule has 168 valence electrons. The molecule has 5 nitrogen and oxygen atoms in total. The Kier molecular flexibility index (Phi) is 6.22. The lowest BCUT2D eigenvalue weighted by Crippen LogP contribution is -2.44. The molecule has 0 N–H and O–H groups in total. The lowest BCUT2D eigenvalue weighted by molar-refractivity contribution is -0.137. The standard InChI is InChI=1S/C23H15F3N2O3S2/c24-23(25,26)15-9-5-10-16(12-15)27-19(29)13-17(20(27)30)28-21(31)18(33-22(28)32)11-4-8-14-6-2-1-3-7-14/h1-12,17H,13H2. The highest BCUT2D eigenvalue weighted by molar-refractivity contribution is 8.26. The van der Waals surface area contributed by atoms with E-state index in [0.29, 0.717) is 4.90 Å². The molecule has 0 aliphatic carbocycles. The summed E-state index contributed by atoms with van der Waals surface area (Å²) in [5.74, 6) is -2.03. The molecule has 0 spiro atoms. The quantitative estimate of drug-likeness (QED) is 0.352. The second-order valence-electron chi connectivity index (χ2n) is 7.18. The van der Waals surface area contributed by atoms with Crippen molar-refractivity contribution in [2.45, 2.75) is 18.6 Å². The first kappa shape index (κ1) is 22.9. The zero-order valence-electron chi connectivity index (χ0n) is 16.8. The Labute approximate surface area is 196 Å². The molecule has 2 aromatic carbocycles. The largest absolute Gasteiger partial charge is 0.416 e. The number of thioether (sulfide) groups is 1. The molecule has 2 aliphatic heterocycles. The molecule has 0 radical (unpaired) electrons. The molecule has 1 unspecified atom stereocenters. The predicted molar refractivity (Wildman–Crippen MR) is 123 cm³/mol. The van der Waals surface area contributed by atoms with E-state index < -0.39 is 35.5 Å². The Morgan fingerprint density at radius 2 is 1.76 bits per heavy atom. The molecule has 10 heteroatoms. The van der Waals surface area contributed by atoms with Crippen LogP contribution in [0.3, 0.4) is 0 Å². The van der Waals surface area contributed by atoms with Crippen LogP contribution in [0.1, 0.15) is 17.5 Å². The third-order valence-corrected chi connectivity index (χ3v) is 6.37. The van der Waals surface area contributed by atoms with Crippen LogP contribution in [0.2, 0.25) is 0 Å². The van der Waals surface area contributed by atoms with Crippen LogP contribution in [-0.2, 0) is 20.6 Å². The number of anilines is 1. The number of carbonyl (C=O) groups is 3. The van der Waals surface area contributed by atoms with Crippen molar-refractivity contribution in [1.82, 2.24) is 4.90 Å². The summed E-state index contributed by atoms with van der Waals surface area (Å²) in [6, 6.07) is 12.1. The summed E-state index contributed by atoms with van der Waals surface area (Å²) < 4.78 is 39.3. The first-order valence-electron chi connectivity index (χ1n) is 9.69. The third kappa shape index (κ3) is 4.62. The van der Waals surface area contributed by atoms with Crippen molar-refractivity contribution in [2.24, 2.45) is 0 Å². The number of amides is 3. The van der Waals surface area contributed by atoms with E-state index in [4.69, 9.17) is 12.2 Å². The molecule has 0 aromatic heterocycles. The van der Waals surface area contributed by atoms with Gasteiger partial charge in [-0.15, -0.1) is 0 Å². The van der Waals surface area contributed by atoms with Crippen LogP contribution in [0.15, 0.2) is 71.7 Å². The minimum absolute atomic E-state index is 0.108. The van der Waals surface area contributed by atoms with Gasteiger partial charge in [-0.05, 0) is 29.8 Å². The Bertz CT molecular complexity index is 1210. The zero-order chi connectivity index (χ0) is 23.8. The van der Waals surface area contributed by atoms with Crippen LogP contribution in [0.5, 0.6) is 0 Å². The van der Waals surface area contributed by atoms with E-state index in [1.807, 2.05) is 30.3 Å². The number of benzene rings is 2. The van der Waals surface area contributed by atoms with Gasteiger partial charge in [0.1, 0.15) is 10.4 Å². The monoisotopic (exact) mass is 488 g/mol. The summed E-state index contributed by atoms with van der Waals surface area (Å²) in [6.07, 6.45) is 0.0501. The SMILES string of the molecule is O=C1CC(N2C(=O)C(=CC=Cc3ccccc3)SC2=S)C(=O)N1c1cccc(C(F)(F)F)c1. The van der Waals surface area contributed by atoms with Crippen molar-refractivity contribution in [2.75, 3.05) is 4.90 Å². The summed E-state index contributed by atoms with van der Waals surface area (Å²) in [7, 11) is 0. The molecule has 1 atom stereocenters. The number of hydrogen-bond acceptors (Lipinski definition) is 5. The fraction of sp³-hybridized carbons (Fsp3) is 0.130. The lowest BCUT2D eigenvalue weighted by atomic mass is 10.2. The number of halogens is 3. The highest BCUT2D eigenvalue weighted by atomic mass is 32.2. The van der Waals surface area contributed by atoms with E-state index in [2.05, 4.69) is 0 Å². The molecule has 2 aliphatic rings. The topological polar surface area (TPSA) is 57.7 Å². The maximum atomic E-state index is 13.1. The van der Waals surface area contributed by atoms with E-state index in [0.717, 1.165) is 40.4 Å². The van der Waals surface area contributed by atoms with Crippen LogP contribution >= 0.6 is 24.0 Å². The van der Waals surface area contributed by atoms with Crippen LogP contribution in [-0.4, -0.2) is 33.0 Å². The molecule has 2 fully saturated rings. The first-order chi connectivity index (χ1) is 15.7. The van der Waals surface area contributed by atoms with Gasteiger partial charge in [-0.25, -0.2) is 4.90 Å². The molecular weight excluding hydrogens is 473 g/mol. The van der Waals surface area contributed by atoms with E-state index in [1.54, 1.807) is 18.2 Å². The van der Waals surface area contributed by atoms with Crippen molar-refractivity contribution in [3.8, 4) is 0 Å². The normalized spacial score (nSPS) is 20.7. The molecule has 0 bridgehead atoms. The summed E-state index contributed by atoms with van der Waals surface area (Å²) in [6.45, 7) is 0. The minimum atomic E-state index is -4.63. The van der Waals surface area contributed by atoms with Gasteiger partial charge < -0.3 is 0 Å². The van der Waals surface area contributed by atoms with Gasteiger partial charge in [0.15, 0.2) is 0 Å². The van der Waals surface area contributed by atoms with Gasteiger partial charge in [-0.3, -0.25) is 19.3 Å². The summed E-state index contributed by atoms with van der Waals surface area (Å²) in [5, 5.41) is 0. The molecule has 3 amide bonds. The molecule has 4 rings (SSSR count). The molecule has 0 saturated carbocycles. The van der Waals surface area contributed by atoms with E-state index in [1.165, 1.54) is 6.07 Å². The van der Waals surface area contributed by atoms with Gasteiger partial charge in [0, 0.05) is 0 Å². The fourth-order valence-electron chi connectivity index (χ4n) is 3.48. The van der Waals surface area contributed by atoms with Crippen molar-refractivity contribution >= 4 is 57.8 Å². The Morgan fingerprint density at radius 3 is 2.45 bits per heavy atom. The van der Waals surface area contributed by atoms with Gasteiger partial charge in [0.05, 0.1) is 22.6 Å². The number of thiocarbonyl (C=S) groups is 1. The zero-order valence-corrected chi connectivity index (χ0v) is 18.4. The number of allylic oxidation sites excluding steroid dienone is 2. The van der Waals surface area contributed by atoms with Crippen LogP contribution in [0.25, 0.3) is 6.08 Å². The summed E-state index contributed by atoms with van der Waals surface area (Å²) in [5.41, 5.74) is -0.255. The van der Waals surface area contributed by atoms with Crippen molar-refractivity contribution in [3.05, 3.63) is 82.8 Å². The van der Waals surface area contributed by atoms with Crippen LogP contribution in [0, 0.1) is 0 Å². The molecule has 33 heavy (non-hydrogen) atoms. The maximum absolute atomic E-state index is 13.1. The van der Waals surface area contributed by atoms with Gasteiger partial charge in [-0.2, -0.15) is 13.2 Å². The second kappa shape index (κ2) is 8.95. The fourth-order valence-corrected chi connectivity index (χ4v) is 4.79. The number of imide groups is 1. The Hall–Kier alpha value is -3.24. The van der Waals surface area contributed by atoms with Crippen LogP contribution in [0.4, 0.5) is 18.9 Å². The number of rotatable bonds is 4. The average Bonchev–Trinajstić information content (AvgIpc) is 3.22. The molecular formula is C23H15F3N2O3S2. The maximum Gasteiger partial charge on any atom is 0.416 e. The highest BCUT2D eigenvalue weighted by Gasteiger charge is 2.49. The highest BCUT2D eigenvalue weighted by Crippen LogP contribution is 2.37. The van der Waals surface area contributed by atoms with Crippen molar-refractivity contribution in [1.29, 1.82) is 0 Å². The number of carbonyl (C=O) groups excluding carboxylic acids is 3. The molecule has 2 saturated heterocycles. The van der Waals surface area contributed by atoms with E-state index in [9.17, 15) is 27.6 Å². The summed E-state index contributed by atoms with van der Waals surface area (Å²) >= 11 is 6.26. The summed E-state index contributed by atoms with van der Waals surface area (Å²) in [4.78, 5) is 40.5. The molecule has 2 heterocycles. The second-order valence-corrected chi connectivity index (χ2v) is 8.86. The smallest absolute Gasteiger partial charge is 0.280 e. The average molecular weight is 489 g/mol.